The third kappa shape index (κ3) is 3.54. The van der Waals surface area contributed by atoms with Gasteiger partial charge in [-0.05, 0) is 36.8 Å². The molecule has 1 N–H and O–H groups in total. The molecule has 0 saturated heterocycles. The quantitative estimate of drug-likeness (QED) is 0.939. The van der Waals surface area contributed by atoms with Crippen LogP contribution in [0, 0.1) is 6.92 Å². The average molecular weight is 285 g/mol. The minimum atomic E-state index is -0.0939. The number of rotatable bonds is 4. The van der Waals surface area contributed by atoms with Crippen molar-refractivity contribution in [2.45, 2.75) is 13.5 Å². The predicted octanol–water partition coefficient (Wildman–Crippen LogP) is 2.98. The summed E-state index contributed by atoms with van der Waals surface area (Å²) < 4.78 is 5.26. The van der Waals surface area contributed by atoms with E-state index < -0.39 is 0 Å². The molecule has 1 amide bonds. The number of carbonyl (C=O) groups excluding carboxylic acids is 1. The lowest BCUT2D eigenvalue weighted by atomic mass is 10.1. The maximum absolute atomic E-state index is 12.5. The van der Waals surface area contributed by atoms with Gasteiger partial charge in [-0.25, -0.2) is 0 Å². The van der Waals surface area contributed by atoms with Crippen molar-refractivity contribution in [3.8, 4) is 11.5 Å². The Kier molecular flexibility index (Phi) is 4.48. The van der Waals surface area contributed by atoms with Crippen LogP contribution in [0.4, 0.5) is 0 Å². The molecule has 2 rings (SSSR count). The van der Waals surface area contributed by atoms with Gasteiger partial charge in [0.1, 0.15) is 11.5 Å². The van der Waals surface area contributed by atoms with Gasteiger partial charge in [-0.3, -0.25) is 4.79 Å². The molecule has 0 aliphatic rings. The largest absolute Gasteiger partial charge is 0.508 e. The zero-order valence-corrected chi connectivity index (χ0v) is 12.5. The van der Waals surface area contributed by atoms with Crippen LogP contribution in [-0.4, -0.2) is 30.1 Å². The fourth-order valence-electron chi connectivity index (χ4n) is 2.14. The molecule has 0 aliphatic heterocycles. The van der Waals surface area contributed by atoms with Gasteiger partial charge in [0.05, 0.1) is 12.7 Å². The fraction of sp³-hybridized carbons (Fsp3) is 0.235. The SMILES string of the molecule is COc1ccc(C)cc1C(=O)N(C)Cc1ccc(O)cc1. The van der Waals surface area contributed by atoms with Crippen LogP contribution in [0.15, 0.2) is 42.5 Å². The predicted molar refractivity (Wildman–Crippen MR) is 81.6 cm³/mol. The molecule has 0 atom stereocenters. The Balaban J connectivity index is 2.19. The first-order valence-corrected chi connectivity index (χ1v) is 6.69. The normalized spacial score (nSPS) is 10.2. The van der Waals surface area contributed by atoms with Crippen LogP contribution in [0.1, 0.15) is 21.5 Å². The zero-order valence-electron chi connectivity index (χ0n) is 12.5. The second-order valence-electron chi connectivity index (χ2n) is 5.03. The van der Waals surface area contributed by atoms with Crippen LogP contribution in [0.5, 0.6) is 11.5 Å². The summed E-state index contributed by atoms with van der Waals surface area (Å²) in [5.74, 6) is 0.694. The molecule has 0 heterocycles. The molecule has 0 aromatic heterocycles. The van der Waals surface area contributed by atoms with Crippen LogP contribution < -0.4 is 4.74 Å². The van der Waals surface area contributed by atoms with Crippen molar-refractivity contribution in [2.75, 3.05) is 14.2 Å². The number of aromatic hydroxyl groups is 1. The first-order valence-electron chi connectivity index (χ1n) is 6.69. The average Bonchev–Trinajstić information content (AvgIpc) is 2.48. The van der Waals surface area contributed by atoms with E-state index in [1.54, 1.807) is 49.4 Å². The van der Waals surface area contributed by atoms with Crippen molar-refractivity contribution in [2.24, 2.45) is 0 Å². The highest BCUT2D eigenvalue weighted by molar-refractivity contribution is 5.97. The topological polar surface area (TPSA) is 49.8 Å². The Labute approximate surface area is 124 Å². The molecule has 21 heavy (non-hydrogen) atoms. The number of amides is 1. The molecule has 0 saturated carbocycles. The van der Waals surface area contributed by atoms with Gasteiger partial charge in [0.2, 0.25) is 0 Å². The summed E-state index contributed by atoms with van der Waals surface area (Å²) in [6.45, 7) is 2.41. The fourth-order valence-corrected chi connectivity index (χ4v) is 2.14. The molecular weight excluding hydrogens is 266 g/mol. The monoisotopic (exact) mass is 285 g/mol. The molecule has 0 aliphatic carbocycles. The number of benzene rings is 2. The van der Waals surface area contributed by atoms with E-state index in [2.05, 4.69) is 0 Å². The van der Waals surface area contributed by atoms with Crippen LogP contribution >= 0.6 is 0 Å². The van der Waals surface area contributed by atoms with Crippen molar-refractivity contribution in [3.05, 3.63) is 59.2 Å². The van der Waals surface area contributed by atoms with Crippen molar-refractivity contribution >= 4 is 5.91 Å². The highest BCUT2D eigenvalue weighted by Crippen LogP contribution is 2.22. The number of methoxy groups -OCH3 is 1. The molecule has 4 heteroatoms. The highest BCUT2D eigenvalue weighted by Gasteiger charge is 2.17. The van der Waals surface area contributed by atoms with E-state index in [4.69, 9.17) is 4.74 Å². The number of aryl methyl sites for hydroxylation is 1. The number of nitrogens with zero attached hydrogens (tertiary/aromatic N) is 1. The summed E-state index contributed by atoms with van der Waals surface area (Å²) in [5, 5.41) is 9.28. The van der Waals surface area contributed by atoms with Crippen molar-refractivity contribution in [1.29, 1.82) is 0 Å². The van der Waals surface area contributed by atoms with Gasteiger partial charge in [-0.2, -0.15) is 0 Å². The molecule has 0 fully saturated rings. The second-order valence-corrected chi connectivity index (χ2v) is 5.03. The van der Waals surface area contributed by atoms with Crippen LogP contribution in [0.3, 0.4) is 0 Å². The molecule has 0 bridgehead atoms. The van der Waals surface area contributed by atoms with Gasteiger partial charge in [0.25, 0.3) is 5.91 Å². The maximum Gasteiger partial charge on any atom is 0.257 e. The maximum atomic E-state index is 12.5. The van der Waals surface area contributed by atoms with Crippen LogP contribution in [0.2, 0.25) is 0 Å². The Bertz CT molecular complexity index is 635. The standard InChI is InChI=1S/C17H19NO3/c1-12-4-9-16(21-3)15(10-12)17(20)18(2)11-13-5-7-14(19)8-6-13/h4-10,19H,11H2,1-3H3. The number of ether oxygens (including phenoxy) is 1. The van der Waals surface area contributed by atoms with E-state index >= 15 is 0 Å². The summed E-state index contributed by atoms with van der Waals surface area (Å²) in [6.07, 6.45) is 0. The van der Waals surface area contributed by atoms with E-state index in [1.165, 1.54) is 0 Å². The second kappa shape index (κ2) is 6.31. The van der Waals surface area contributed by atoms with E-state index in [-0.39, 0.29) is 11.7 Å². The summed E-state index contributed by atoms with van der Waals surface area (Å²) in [7, 11) is 3.30. The molecule has 2 aromatic rings. The Morgan fingerprint density at radius 1 is 1.19 bits per heavy atom. The van der Waals surface area contributed by atoms with Crippen molar-refractivity contribution in [1.82, 2.24) is 4.90 Å². The molecule has 0 spiro atoms. The van der Waals surface area contributed by atoms with Gasteiger partial charge in [0, 0.05) is 13.6 Å². The van der Waals surface area contributed by atoms with E-state index in [0.29, 0.717) is 17.9 Å². The Hall–Kier alpha value is -2.49. The lowest BCUT2D eigenvalue weighted by Gasteiger charge is -2.19. The first kappa shape index (κ1) is 14.9. The van der Waals surface area contributed by atoms with Gasteiger partial charge in [0.15, 0.2) is 0 Å². The lowest BCUT2D eigenvalue weighted by molar-refractivity contribution is 0.0781. The van der Waals surface area contributed by atoms with Gasteiger partial charge >= 0.3 is 0 Å². The smallest absolute Gasteiger partial charge is 0.257 e. The molecule has 0 unspecified atom stereocenters. The zero-order chi connectivity index (χ0) is 15.4. The van der Waals surface area contributed by atoms with Gasteiger partial charge in [-0.1, -0.05) is 23.8 Å². The van der Waals surface area contributed by atoms with E-state index in [1.807, 2.05) is 19.1 Å². The van der Waals surface area contributed by atoms with Crippen LogP contribution in [-0.2, 0) is 6.54 Å². The number of hydrogen-bond acceptors (Lipinski definition) is 3. The third-order valence-corrected chi connectivity index (χ3v) is 3.29. The first-order chi connectivity index (χ1) is 10.0. The summed E-state index contributed by atoms with van der Waals surface area (Å²) >= 11 is 0. The van der Waals surface area contributed by atoms with E-state index in [9.17, 15) is 9.90 Å². The number of hydrogen-bond donors (Lipinski definition) is 1. The summed E-state index contributed by atoms with van der Waals surface area (Å²) in [5.41, 5.74) is 2.52. The molecule has 110 valence electrons. The highest BCUT2D eigenvalue weighted by atomic mass is 16.5. The molecule has 4 nitrogen and oxygen atoms in total. The molecule has 0 radical (unpaired) electrons. The number of phenols is 1. The summed E-state index contributed by atoms with van der Waals surface area (Å²) in [6, 6.07) is 12.4. The number of phenolic OH excluding ortho intramolecular Hbond substituents is 1. The van der Waals surface area contributed by atoms with Gasteiger partial charge in [-0.15, -0.1) is 0 Å². The molecular formula is C17H19NO3. The lowest BCUT2D eigenvalue weighted by Crippen LogP contribution is -2.26. The van der Waals surface area contributed by atoms with Crippen molar-refractivity contribution < 1.29 is 14.6 Å². The summed E-state index contributed by atoms with van der Waals surface area (Å²) in [4.78, 5) is 14.2. The third-order valence-electron chi connectivity index (χ3n) is 3.29. The Morgan fingerprint density at radius 3 is 2.48 bits per heavy atom. The Morgan fingerprint density at radius 2 is 1.86 bits per heavy atom. The molecule has 2 aromatic carbocycles. The van der Waals surface area contributed by atoms with Crippen LogP contribution in [0.25, 0.3) is 0 Å². The minimum absolute atomic E-state index is 0.0939. The van der Waals surface area contributed by atoms with Gasteiger partial charge < -0.3 is 14.7 Å². The minimum Gasteiger partial charge on any atom is -0.508 e. The van der Waals surface area contributed by atoms with E-state index in [0.717, 1.165) is 11.1 Å². The van der Waals surface area contributed by atoms with Crippen molar-refractivity contribution in [3.63, 3.8) is 0 Å². The number of carbonyl (C=O) groups is 1.